The van der Waals surface area contributed by atoms with Crippen LogP contribution < -0.4 is 0 Å². The smallest absolute Gasteiger partial charge is 0.189 e. The summed E-state index contributed by atoms with van der Waals surface area (Å²) in [6.07, 6.45) is 3.29. The minimum atomic E-state index is -0.0639. The second-order valence-corrected chi connectivity index (χ2v) is 4.02. The molecule has 0 saturated heterocycles. The van der Waals surface area contributed by atoms with Crippen molar-refractivity contribution in [3.63, 3.8) is 0 Å². The molecule has 1 atom stereocenters. The first-order valence-corrected chi connectivity index (χ1v) is 4.74. The molecule has 0 amide bonds. The van der Waals surface area contributed by atoms with E-state index in [1.807, 2.05) is 6.92 Å². The third-order valence-corrected chi connectivity index (χ3v) is 2.88. The van der Waals surface area contributed by atoms with Gasteiger partial charge in [0.25, 0.3) is 0 Å². The fourth-order valence-electron chi connectivity index (χ4n) is 0.863. The highest BCUT2D eigenvalue weighted by Crippen LogP contribution is 2.26. The molecule has 0 bridgehead atoms. The van der Waals surface area contributed by atoms with Crippen LogP contribution in [0.3, 0.4) is 0 Å². The summed E-state index contributed by atoms with van der Waals surface area (Å²) in [7, 11) is 0. The molecule has 1 unspecified atom stereocenters. The van der Waals surface area contributed by atoms with E-state index < -0.39 is 0 Å². The van der Waals surface area contributed by atoms with Crippen molar-refractivity contribution in [2.24, 2.45) is 0 Å². The van der Waals surface area contributed by atoms with Crippen molar-refractivity contribution in [3.05, 3.63) is 17.4 Å². The minimum Gasteiger partial charge on any atom is -0.240 e. The summed E-state index contributed by atoms with van der Waals surface area (Å²) < 4.78 is 0. The number of rotatable bonds is 1. The van der Waals surface area contributed by atoms with Crippen LogP contribution in [0.15, 0.2) is 12.4 Å². The zero-order valence-corrected chi connectivity index (χ0v) is 7.93. The molecule has 2 aromatic rings. The number of fused-ring (bicyclic) bond motifs is 1. The summed E-state index contributed by atoms with van der Waals surface area (Å²) in [4.78, 5) is 13.3. The SMILES string of the molecule is CC(Cl)c1nc2nccnc2s1. The maximum atomic E-state index is 5.87. The summed E-state index contributed by atoms with van der Waals surface area (Å²) in [5, 5.41) is 0.809. The Bertz CT molecular complexity index is 365. The first kappa shape index (κ1) is 7.89. The van der Waals surface area contributed by atoms with Gasteiger partial charge in [-0.05, 0) is 6.92 Å². The Balaban J connectivity index is 2.62. The maximum Gasteiger partial charge on any atom is 0.189 e. The summed E-state index contributed by atoms with van der Waals surface area (Å²) >= 11 is 7.36. The molecular weight excluding hydrogens is 194 g/mol. The molecule has 2 heterocycles. The predicted molar refractivity (Wildman–Crippen MR) is 49.5 cm³/mol. The Kier molecular flexibility index (Phi) is 1.94. The Hall–Kier alpha value is -0.740. The van der Waals surface area contributed by atoms with Gasteiger partial charge >= 0.3 is 0 Å². The fraction of sp³-hybridized carbons (Fsp3) is 0.286. The summed E-state index contributed by atoms with van der Waals surface area (Å²) in [6, 6.07) is 0. The summed E-state index contributed by atoms with van der Waals surface area (Å²) in [5.41, 5.74) is 0.685. The van der Waals surface area contributed by atoms with E-state index in [0.29, 0.717) is 5.65 Å². The van der Waals surface area contributed by atoms with E-state index in [-0.39, 0.29) is 5.38 Å². The van der Waals surface area contributed by atoms with Crippen LogP contribution in [0.2, 0.25) is 0 Å². The number of hydrogen-bond acceptors (Lipinski definition) is 4. The van der Waals surface area contributed by atoms with Gasteiger partial charge in [0.2, 0.25) is 0 Å². The number of alkyl halides is 1. The van der Waals surface area contributed by atoms with Crippen LogP contribution in [-0.4, -0.2) is 15.0 Å². The number of hydrogen-bond donors (Lipinski definition) is 0. The molecule has 0 saturated carbocycles. The van der Waals surface area contributed by atoms with E-state index in [4.69, 9.17) is 11.6 Å². The first-order valence-electron chi connectivity index (χ1n) is 3.49. The summed E-state index contributed by atoms with van der Waals surface area (Å²) in [6.45, 7) is 1.89. The highest BCUT2D eigenvalue weighted by atomic mass is 35.5. The van der Waals surface area contributed by atoms with E-state index in [0.717, 1.165) is 9.84 Å². The van der Waals surface area contributed by atoms with E-state index in [9.17, 15) is 0 Å². The van der Waals surface area contributed by atoms with Crippen LogP contribution >= 0.6 is 22.9 Å². The average molecular weight is 200 g/mol. The zero-order chi connectivity index (χ0) is 8.55. The predicted octanol–water partition coefficient (Wildman–Crippen LogP) is 2.39. The lowest BCUT2D eigenvalue weighted by atomic mass is 10.5. The summed E-state index contributed by atoms with van der Waals surface area (Å²) in [5.74, 6) is 0. The van der Waals surface area contributed by atoms with Crippen molar-refractivity contribution in [2.75, 3.05) is 0 Å². The number of thiazole rings is 1. The molecule has 0 N–H and O–H groups in total. The largest absolute Gasteiger partial charge is 0.240 e. The molecule has 2 rings (SSSR count). The van der Waals surface area contributed by atoms with Crippen LogP contribution in [0.25, 0.3) is 10.5 Å². The Morgan fingerprint density at radius 2 is 2.17 bits per heavy atom. The molecule has 2 aromatic heterocycles. The van der Waals surface area contributed by atoms with Crippen molar-refractivity contribution < 1.29 is 0 Å². The molecule has 0 fully saturated rings. The second kappa shape index (κ2) is 2.95. The van der Waals surface area contributed by atoms with Crippen LogP contribution in [0, 0.1) is 0 Å². The third-order valence-electron chi connectivity index (χ3n) is 1.40. The molecule has 5 heteroatoms. The lowest BCUT2D eigenvalue weighted by molar-refractivity contribution is 1.05. The van der Waals surface area contributed by atoms with Gasteiger partial charge in [-0.2, -0.15) is 0 Å². The number of halogens is 1. The number of aromatic nitrogens is 3. The third kappa shape index (κ3) is 1.28. The second-order valence-electron chi connectivity index (χ2n) is 2.35. The molecule has 0 aliphatic heterocycles. The van der Waals surface area contributed by atoms with Crippen molar-refractivity contribution in [1.29, 1.82) is 0 Å². The van der Waals surface area contributed by atoms with Gasteiger partial charge in [-0.15, -0.1) is 11.6 Å². The van der Waals surface area contributed by atoms with E-state index in [1.54, 1.807) is 12.4 Å². The monoisotopic (exact) mass is 199 g/mol. The highest BCUT2D eigenvalue weighted by Gasteiger charge is 2.09. The Labute approximate surface area is 78.4 Å². The first-order chi connectivity index (χ1) is 5.77. The topological polar surface area (TPSA) is 38.7 Å². The lowest BCUT2D eigenvalue weighted by Gasteiger charge is -1.91. The van der Waals surface area contributed by atoms with Crippen LogP contribution in [0.5, 0.6) is 0 Å². The molecule has 12 heavy (non-hydrogen) atoms. The van der Waals surface area contributed by atoms with Gasteiger partial charge in [0.1, 0.15) is 5.01 Å². The van der Waals surface area contributed by atoms with Gasteiger partial charge < -0.3 is 0 Å². The highest BCUT2D eigenvalue weighted by molar-refractivity contribution is 7.18. The quantitative estimate of drug-likeness (QED) is 0.662. The average Bonchev–Trinajstić information content (AvgIpc) is 2.46. The van der Waals surface area contributed by atoms with Crippen molar-refractivity contribution in [2.45, 2.75) is 12.3 Å². The van der Waals surface area contributed by atoms with Crippen molar-refractivity contribution >= 4 is 33.4 Å². The lowest BCUT2D eigenvalue weighted by Crippen LogP contribution is -1.81. The van der Waals surface area contributed by atoms with Crippen LogP contribution in [0.4, 0.5) is 0 Å². The molecule has 0 aliphatic carbocycles. The Morgan fingerprint density at radius 3 is 2.83 bits per heavy atom. The van der Waals surface area contributed by atoms with Crippen molar-refractivity contribution in [1.82, 2.24) is 15.0 Å². The van der Waals surface area contributed by atoms with Gasteiger partial charge in [0.05, 0.1) is 5.38 Å². The maximum absolute atomic E-state index is 5.87. The van der Waals surface area contributed by atoms with E-state index in [1.165, 1.54) is 11.3 Å². The molecule has 0 aromatic carbocycles. The van der Waals surface area contributed by atoms with E-state index >= 15 is 0 Å². The Morgan fingerprint density at radius 1 is 1.42 bits per heavy atom. The van der Waals surface area contributed by atoms with Gasteiger partial charge in [-0.1, -0.05) is 11.3 Å². The van der Waals surface area contributed by atoms with Gasteiger partial charge in [0.15, 0.2) is 10.5 Å². The van der Waals surface area contributed by atoms with E-state index in [2.05, 4.69) is 15.0 Å². The molecular formula is C7H6ClN3S. The van der Waals surface area contributed by atoms with Crippen LogP contribution in [0.1, 0.15) is 17.3 Å². The standard InChI is InChI=1S/C7H6ClN3S/c1-4(8)6-11-5-7(12-6)10-3-2-9-5/h2-4H,1H3. The van der Waals surface area contributed by atoms with Gasteiger partial charge in [-0.3, -0.25) is 0 Å². The molecule has 0 radical (unpaired) electrons. The molecule has 0 spiro atoms. The van der Waals surface area contributed by atoms with Gasteiger partial charge in [0, 0.05) is 12.4 Å². The molecule has 62 valence electrons. The number of nitrogens with zero attached hydrogens (tertiary/aromatic N) is 3. The minimum absolute atomic E-state index is 0.0639. The van der Waals surface area contributed by atoms with Gasteiger partial charge in [-0.25, -0.2) is 15.0 Å². The fourth-order valence-corrected chi connectivity index (χ4v) is 1.84. The normalized spacial score (nSPS) is 13.5. The van der Waals surface area contributed by atoms with Crippen molar-refractivity contribution in [3.8, 4) is 0 Å². The van der Waals surface area contributed by atoms with Crippen LogP contribution in [-0.2, 0) is 0 Å². The zero-order valence-electron chi connectivity index (χ0n) is 6.36. The molecule has 3 nitrogen and oxygen atoms in total. The molecule has 0 aliphatic rings.